The van der Waals surface area contributed by atoms with E-state index < -0.39 is 11.7 Å². The van der Waals surface area contributed by atoms with Crippen molar-refractivity contribution in [3.05, 3.63) is 76.1 Å². The van der Waals surface area contributed by atoms with Gasteiger partial charge in [-0.25, -0.2) is 14.1 Å². The van der Waals surface area contributed by atoms with Gasteiger partial charge in [-0.15, -0.1) is 11.3 Å². The molecule has 2 heterocycles. The second kappa shape index (κ2) is 8.06. The summed E-state index contributed by atoms with van der Waals surface area (Å²) in [6.45, 7) is 0. The number of carbonyl (C=O) groups is 1. The Bertz CT molecular complexity index is 1250. The average molecular weight is 426 g/mol. The number of halogens is 1. The highest BCUT2D eigenvalue weighted by atomic mass is 32.2. The number of aromatic nitrogens is 2. The number of hydrogen-bond acceptors (Lipinski definition) is 6. The number of amides is 1. The van der Waals surface area contributed by atoms with E-state index in [9.17, 15) is 14.0 Å². The van der Waals surface area contributed by atoms with Gasteiger partial charge in [0.25, 0.3) is 5.56 Å². The zero-order valence-electron chi connectivity index (χ0n) is 15.0. The molecule has 2 aromatic heterocycles. The van der Waals surface area contributed by atoms with Crippen molar-refractivity contribution in [1.29, 1.82) is 0 Å². The highest BCUT2D eigenvalue weighted by molar-refractivity contribution is 7.99. The minimum absolute atomic E-state index is 0.0690. The monoisotopic (exact) mass is 426 g/mol. The maximum Gasteiger partial charge on any atom is 0.282 e. The Morgan fingerprint density at radius 1 is 1.17 bits per heavy atom. The molecule has 29 heavy (non-hydrogen) atoms. The van der Waals surface area contributed by atoms with Crippen LogP contribution in [0.2, 0.25) is 0 Å². The molecule has 0 saturated carbocycles. The van der Waals surface area contributed by atoms with E-state index in [2.05, 4.69) is 10.3 Å². The van der Waals surface area contributed by atoms with Gasteiger partial charge in [-0.3, -0.25) is 9.59 Å². The van der Waals surface area contributed by atoms with Crippen LogP contribution in [0, 0.1) is 5.82 Å². The second-order valence-corrected chi connectivity index (χ2v) is 7.88. The van der Waals surface area contributed by atoms with Gasteiger partial charge in [-0.05, 0) is 17.7 Å². The molecular formula is C20H15FN4O2S2. The number of benzene rings is 2. The van der Waals surface area contributed by atoms with Crippen LogP contribution in [0.3, 0.4) is 0 Å². The summed E-state index contributed by atoms with van der Waals surface area (Å²) in [5.41, 5.74) is 1.39. The van der Waals surface area contributed by atoms with E-state index in [1.165, 1.54) is 29.5 Å². The van der Waals surface area contributed by atoms with Crippen molar-refractivity contribution in [2.45, 2.75) is 5.16 Å². The Hall–Kier alpha value is -3.17. The highest BCUT2D eigenvalue weighted by Gasteiger charge is 2.17. The number of anilines is 1. The van der Waals surface area contributed by atoms with Crippen LogP contribution in [-0.2, 0) is 4.79 Å². The van der Waals surface area contributed by atoms with Crippen LogP contribution in [0.25, 0.3) is 21.3 Å². The molecule has 0 unspecified atom stereocenters. The van der Waals surface area contributed by atoms with Gasteiger partial charge in [0, 0.05) is 10.9 Å². The van der Waals surface area contributed by atoms with Gasteiger partial charge < -0.3 is 11.2 Å². The Kier molecular flexibility index (Phi) is 5.32. The Balaban J connectivity index is 1.58. The van der Waals surface area contributed by atoms with Gasteiger partial charge >= 0.3 is 0 Å². The average Bonchev–Trinajstić information content (AvgIpc) is 3.16. The molecule has 3 N–H and O–H groups in total. The summed E-state index contributed by atoms with van der Waals surface area (Å²) in [6, 6.07) is 15.4. The van der Waals surface area contributed by atoms with Crippen LogP contribution in [0.4, 0.5) is 10.1 Å². The first kappa shape index (κ1) is 19.2. The van der Waals surface area contributed by atoms with Gasteiger partial charge in [0.05, 0.1) is 16.8 Å². The van der Waals surface area contributed by atoms with Gasteiger partial charge in [0.15, 0.2) is 5.16 Å². The molecule has 1 amide bonds. The third-order valence-electron chi connectivity index (χ3n) is 4.17. The smallest absolute Gasteiger partial charge is 0.282 e. The predicted molar refractivity (Wildman–Crippen MR) is 115 cm³/mol. The lowest BCUT2D eigenvalue weighted by atomic mass is 10.1. The molecule has 9 heteroatoms. The van der Waals surface area contributed by atoms with Crippen molar-refractivity contribution in [2.75, 3.05) is 16.9 Å². The Labute approximate surface area is 173 Å². The lowest BCUT2D eigenvalue weighted by Crippen LogP contribution is -2.30. The summed E-state index contributed by atoms with van der Waals surface area (Å²) in [4.78, 5) is 30.0. The largest absolute Gasteiger partial charge is 0.334 e. The van der Waals surface area contributed by atoms with E-state index in [1.807, 2.05) is 35.7 Å². The number of nitrogens with two attached hydrogens (primary N) is 1. The van der Waals surface area contributed by atoms with E-state index >= 15 is 0 Å². The van der Waals surface area contributed by atoms with E-state index in [0.29, 0.717) is 10.2 Å². The minimum atomic E-state index is -0.520. The van der Waals surface area contributed by atoms with E-state index in [4.69, 9.17) is 5.84 Å². The SMILES string of the molecule is Nn1c(SCC(=O)Nc2ccccc2F)nc2scc(-c3ccccc3)c2c1=O. The molecule has 0 spiro atoms. The summed E-state index contributed by atoms with van der Waals surface area (Å²) < 4.78 is 14.6. The highest BCUT2D eigenvalue weighted by Crippen LogP contribution is 2.31. The van der Waals surface area contributed by atoms with Crippen molar-refractivity contribution in [1.82, 2.24) is 9.66 Å². The standard InChI is InChI=1S/C20H15FN4O2S2/c21-14-8-4-5-9-15(14)23-16(26)11-29-20-24-18-17(19(27)25(20)22)13(10-28-18)12-6-2-1-3-7-12/h1-10H,11,22H2,(H,23,26). The van der Waals surface area contributed by atoms with E-state index in [0.717, 1.165) is 27.6 Å². The van der Waals surface area contributed by atoms with Gasteiger partial charge in [0.1, 0.15) is 10.6 Å². The zero-order valence-corrected chi connectivity index (χ0v) is 16.6. The normalized spacial score (nSPS) is 10.9. The predicted octanol–water partition coefficient (Wildman–Crippen LogP) is 3.71. The number of thioether (sulfide) groups is 1. The third-order valence-corrected chi connectivity index (χ3v) is 6.00. The summed E-state index contributed by atoms with van der Waals surface area (Å²) in [5.74, 6) is 4.94. The van der Waals surface area contributed by atoms with Crippen molar-refractivity contribution in [3.63, 3.8) is 0 Å². The molecule has 0 aliphatic carbocycles. The fourth-order valence-electron chi connectivity index (χ4n) is 2.80. The van der Waals surface area contributed by atoms with Crippen LogP contribution in [0.5, 0.6) is 0 Å². The number of rotatable bonds is 5. The maximum absolute atomic E-state index is 13.6. The van der Waals surface area contributed by atoms with Crippen molar-refractivity contribution in [3.8, 4) is 11.1 Å². The van der Waals surface area contributed by atoms with E-state index in [-0.39, 0.29) is 22.2 Å². The number of nitrogens with zero attached hydrogens (tertiary/aromatic N) is 2. The quantitative estimate of drug-likeness (QED) is 0.288. The van der Waals surface area contributed by atoms with Gasteiger partial charge in [-0.2, -0.15) is 0 Å². The number of para-hydroxylation sites is 1. The first-order valence-electron chi connectivity index (χ1n) is 8.56. The molecule has 146 valence electrons. The maximum atomic E-state index is 13.6. The van der Waals surface area contributed by atoms with Crippen molar-refractivity contribution < 1.29 is 9.18 Å². The summed E-state index contributed by atoms with van der Waals surface area (Å²) >= 11 is 2.35. The molecule has 0 aliphatic heterocycles. The molecule has 6 nitrogen and oxygen atoms in total. The van der Waals surface area contributed by atoms with Crippen LogP contribution >= 0.6 is 23.1 Å². The Morgan fingerprint density at radius 3 is 2.66 bits per heavy atom. The number of fused-ring (bicyclic) bond motifs is 1. The topological polar surface area (TPSA) is 90.0 Å². The first-order valence-corrected chi connectivity index (χ1v) is 10.4. The number of nitrogens with one attached hydrogen (secondary N) is 1. The molecule has 2 aromatic carbocycles. The number of thiophene rings is 1. The third kappa shape index (κ3) is 3.87. The van der Waals surface area contributed by atoms with Crippen LogP contribution < -0.4 is 16.7 Å². The molecule has 0 aliphatic rings. The van der Waals surface area contributed by atoms with Gasteiger partial charge in [0.2, 0.25) is 5.91 Å². The summed E-state index contributed by atoms with van der Waals surface area (Å²) in [5, 5.41) is 5.02. The second-order valence-electron chi connectivity index (χ2n) is 6.08. The summed E-state index contributed by atoms with van der Waals surface area (Å²) in [6.07, 6.45) is 0. The van der Waals surface area contributed by atoms with Crippen LogP contribution in [-0.4, -0.2) is 21.3 Å². The molecule has 0 atom stereocenters. The minimum Gasteiger partial charge on any atom is -0.334 e. The van der Waals surface area contributed by atoms with Crippen molar-refractivity contribution in [2.24, 2.45) is 0 Å². The van der Waals surface area contributed by atoms with Gasteiger partial charge in [-0.1, -0.05) is 54.2 Å². The first-order chi connectivity index (χ1) is 14.0. The molecule has 0 fully saturated rings. The molecule has 0 saturated heterocycles. The zero-order chi connectivity index (χ0) is 20.4. The van der Waals surface area contributed by atoms with Crippen LogP contribution in [0.1, 0.15) is 0 Å². The molecular weight excluding hydrogens is 411 g/mol. The fraction of sp³-hybridized carbons (Fsp3) is 0.0500. The number of carbonyl (C=O) groups excluding carboxylic acids is 1. The summed E-state index contributed by atoms with van der Waals surface area (Å²) in [7, 11) is 0. The number of hydrogen-bond donors (Lipinski definition) is 2. The lowest BCUT2D eigenvalue weighted by molar-refractivity contribution is -0.113. The van der Waals surface area contributed by atoms with Crippen LogP contribution in [0.15, 0.2) is 69.9 Å². The Morgan fingerprint density at radius 2 is 1.90 bits per heavy atom. The van der Waals surface area contributed by atoms with E-state index in [1.54, 1.807) is 6.07 Å². The molecule has 4 rings (SSSR count). The molecule has 0 radical (unpaired) electrons. The molecule has 4 aromatic rings. The fourth-order valence-corrected chi connectivity index (χ4v) is 4.50. The number of nitrogen functional groups attached to an aromatic ring is 1. The van der Waals surface area contributed by atoms with Crippen molar-refractivity contribution >= 4 is 44.9 Å². The lowest BCUT2D eigenvalue weighted by Gasteiger charge is -2.08. The molecule has 0 bridgehead atoms.